The number of carbonyl (C=O) groups is 1. The number of oxazole rings is 1. The molecule has 0 amide bonds. The summed E-state index contributed by atoms with van der Waals surface area (Å²) in [6.45, 7) is 3.91. The minimum Gasteiger partial charge on any atom is -0.475 e. The van der Waals surface area contributed by atoms with Crippen molar-refractivity contribution in [2.24, 2.45) is 0 Å². The largest absolute Gasteiger partial charge is 0.475 e. The maximum Gasteiger partial charge on any atom is 0.373 e. The molecule has 0 aliphatic heterocycles. The average Bonchev–Trinajstić information content (AvgIpc) is 2.94. The molecule has 0 atom stereocenters. The molecule has 2 aromatic rings. The molecule has 0 spiro atoms. The maximum atomic E-state index is 11.0. The zero-order chi connectivity index (χ0) is 12.4. The highest BCUT2D eigenvalue weighted by molar-refractivity contribution is 7.13. The number of carboxylic acid groups (broad SMARTS) is 1. The number of nitrogens with zero attached hydrogens (tertiary/aromatic N) is 1. The molecule has 2 rings (SSSR count). The number of hydrogen-bond acceptors (Lipinski definition) is 4. The number of hydrogen-bond donors (Lipinski definition) is 1. The molecule has 0 aliphatic rings. The highest BCUT2D eigenvalue weighted by atomic mass is 32.1. The van der Waals surface area contributed by atoms with Crippen LogP contribution in [0.1, 0.15) is 35.7 Å². The highest BCUT2D eigenvalue weighted by Crippen LogP contribution is 2.31. The lowest BCUT2D eigenvalue weighted by molar-refractivity contribution is 0.0662. The molecular formula is C12H13NO3S. The van der Waals surface area contributed by atoms with Gasteiger partial charge in [0.25, 0.3) is 0 Å². The van der Waals surface area contributed by atoms with Crippen LogP contribution in [-0.4, -0.2) is 16.1 Å². The van der Waals surface area contributed by atoms with Gasteiger partial charge in [0.1, 0.15) is 0 Å². The summed E-state index contributed by atoms with van der Waals surface area (Å²) in [5.41, 5.74) is 1.64. The molecule has 0 saturated carbocycles. The summed E-state index contributed by atoms with van der Waals surface area (Å²) >= 11 is 1.52. The van der Waals surface area contributed by atoms with Gasteiger partial charge in [-0.15, -0.1) is 11.3 Å². The molecule has 5 heteroatoms. The van der Waals surface area contributed by atoms with E-state index in [4.69, 9.17) is 9.52 Å². The predicted octanol–water partition coefficient (Wildman–Crippen LogP) is 3.23. The summed E-state index contributed by atoms with van der Waals surface area (Å²) in [7, 11) is 0. The number of thiophene rings is 1. The van der Waals surface area contributed by atoms with Gasteiger partial charge < -0.3 is 9.52 Å². The average molecular weight is 251 g/mol. The van der Waals surface area contributed by atoms with Crippen molar-refractivity contribution >= 4 is 17.3 Å². The van der Waals surface area contributed by atoms with Crippen LogP contribution in [0.15, 0.2) is 15.9 Å². The molecule has 0 radical (unpaired) electrons. The number of aryl methyl sites for hydroxylation is 2. The van der Waals surface area contributed by atoms with Crippen LogP contribution < -0.4 is 0 Å². The quantitative estimate of drug-likeness (QED) is 0.906. The summed E-state index contributed by atoms with van der Waals surface area (Å²) < 4.78 is 5.35. The van der Waals surface area contributed by atoms with Crippen LogP contribution in [0.3, 0.4) is 0 Å². The van der Waals surface area contributed by atoms with Crippen molar-refractivity contribution in [3.05, 3.63) is 28.5 Å². The third-order valence-electron chi connectivity index (χ3n) is 2.55. The first-order chi connectivity index (χ1) is 8.17. The van der Waals surface area contributed by atoms with Crippen molar-refractivity contribution in [2.75, 3.05) is 0 Å². The fraction of sp³-hybridized carbons (Fsp3) is 0.333. The van der Waals surface area contributed by atoms with Crippen molar-refractivity contribution in [3.63, 3.8) is 0 Å². The summed E-state index contributed by atoms with van der Waals surface area (Å²) in [5, 5.41) is 11.0. The molecule has 0 fully saturated rings. The predicted molar refractivity (Wildman–Crippen MR) is 65.5 cm³/mol. The van der Waals surface area contributed by atoms with Gasteiger partial charge in [-0.25, -0.2) is 9.78 Å². The van der Waals surface area contributed by atoms with Gasteiger partial charge in [-0.1, -0.05) is 13.8 Å². The van der Waals surface area contributed by atoms with Crippen LogP contribution in [0.25, 0.3) is 10.8 Å². The van der Waals surface area contributed by atoms with Crippen LogP contribution in [0.5, 0.6) is 0 Å². The Morgan fingerprint density at radius 2 is 2.24 bits per heavy atom. The van der Waals surface area contributed by atoms with Crippen LogP contribution >= 0.6 is 11.3 Å². The Balaban J connectivity index is 2.50. The minimum atomic E-state index is -1.06. The monoisotopic (exact) mass is 251 g/mol. The van der Waals surface area contributed by atoms with Crippen LogP contribution in [0.4, 0.5) is 0 Å². The molecular weight excluding hydrogens is 238 g/mol. The fourth-order valence-electron chi connectivity index (χ4n) is 1.66. The molecule has 0 saturated heterocycles. The summed E-state index contributed by atoms with van der Waals surface area (Å²) in [5.74, 6) is -0.681. The Morgan fingerprint density at radius 1 is 1.47 bits per heavy atom. The van der Waals surface area contributed by atoms with Gasteiger partial charge >= 0.3 is 5.97 Å². The second-order valence-electron chi connectivity index (χ2n) is 3.58. The number of rotatable bonds is 4. The summed E-state index contributed by atoms with van der Waals surface area (Å²) in [6, 6.07) is 2.01. The highest BCUT2D eigenvalue weighted by Gasteiger charge is 2.20. The molecule has 1 N–H and O–H groups in total. The second-order valence-corrected chi connectivity index (χ2v) is 4.50. The standard InChI is InChI=1S/C12H13NO3S/c1-3-7-5-6-17-10(7)11-13-8(4-2)9(16-11)12(14)15/h5-6H,3-4H2,1-2H3,(H,14,15). The van der Waals surface area contributed by atoms with Crippen LogP contribution in [-0.2, 0) is 12.8 Å². The van der Waals surface area contributed by atoms with E-state index in [0.29, 0.717) is 18.0 Å². The lowest BCUT2D eigenvalue weighted by atomic mass is 10.2. The Bertz CT molecular complexity index is 542. The number of aromatic nitrogens is 1. The lowest BCUT2D eigenvalue weighted by Gasteiger charge is -1.94. The number of aromatic carboxylic acids is 1. The van der Waals surface area contributed by atoms with E-state index in [1.54, 1.807) is 0 Å². The third-order valence-corrected chi connectivity index (χ3v) is 3.49. The lowest BCUT2D eigenvalue weighted by Crippen LogP contribution is -1.98. The zero-order valence-electron chi connectivity index (χ0n) is 9.69. The van der Waals surface area contributed by atoms with Crippen molar-refractivity contribution in [1.82, 2.24) is 4.98 Å². The van der Waals surface area contributed by atoms with Crippen molar-refractivity contribution in [1.29, 1.82) is 0 Å². The molecule has 0 unspecified atom stereocenters. The Morgan fingerprint density at radius 3 is 2.76 bits per heavy atom. The SMILES string of the molecule is CCc1ccsc1-c1nc(CC)c(C(=O)O)o1. The molecule has 17 heavy (non-hydrogen) atoms. The van der Waals surface area contributed by atoms with E-state index in [1.165, 1.54) is 11.3 Å². The molecule has 0 aliphatic carbocycles. The van der Waals surface area contributed by atoms with Crippen molar-refractivity contribution in [2.45, 2.75) is 26.7 Å². The first kappa shape index (κ1) is 11.9. The van der Waals surface area contributed by atoms with E-state index in [0.717, 1.165) is 16.9 Å². The first-order valence-corrected chi connectivity index (χ1v) is 6.35. The topological polar surface area (TPSA) is 63.3 Å². The van der Waals surface area contributed by atoms with E-state index in [-0.39, 0.29) is 5.76 Å². The van der Waals surface area contributed by atoms with Gasteiger partial charge in [0.2, 0.25) is 11.7 Å². The smallest absolute Gasteiger partial charge is 0.373 e. The molecule has 2 heterocycles. The number of carboxylic acids is 1. The molecule has 0 bridgehead atoms. The normalized spacial score (nSPS) is 10.7. The van der Waals surface area contributed by atoms with E-state index in [9.17, 15) is 4.79 Å². The fourth-order valence-corrected chi connectivity index (χ4v) is 2.58. The van der Waals surface area contributed by atoms with Gasteiger partial charge in [0.15, 0.2) is 0 Å². The van der Waals surface area contributed by atoms with Gasteiger partial charge in [-0.2, -0.15) is 0 Å². The molecule has 90 valence electrons. The van der Waals surface area contributed by atoms with E-state index in [1.807, 2.05) is 25.3 Å². The van der Waals surface area contributed by atoms with Crippen molar-refractivity contribution in [3.8, 4) is 10.8 Å². The van der Waals surface area contributed by atoms with Crippen LogP contribution in [0.2, 0.25) is 0 Å². The van der Waals surface area contributed by atoms with E-state index >= 15 is 0 Å². The van der Waals surface area contributed by atoms with Gasteiger partial charge in [-0.3, -0.25) is 0 Å². The van der Waals surface area contributed by atoms with E-state index in [2.05, 4.69) is 4.98 Å². The molecule has 4 nitrogen and oxygen atoms in total. The van der Waals surface area contributed by atoms with Gasteiger partial charge in [-0.05, 0) is 29.9 Å². The summed E-state index contributed by atoms with van der Waals surface area (Å²) in [4.78, 5) is 16.2. The molecule has 2 aromatic heterocycles. The Hall–Kier alpha value is -1.62. The van der Waals surface area contributed by atoms with Gasteiger partial charge in [0, 0.05) is 0 Å². The van der Waals surface area contributed by atoms with Crippen LogP contribution in [0, 0.1) is 0 Å². The maximum absolute atomic E-state index is 11.0. The van der Waals surface area contributed by atoms with E-state index < -0.39 is 5.97 Å². The third kappa shape index (κ3) is 2.10. The second kappa shape index (κ2) is 4.71. The minimum absolute atomic E-state index is 0.0436. The molecule has 0 aromatic carbocycles. The summed E-state index contributed by atoms with van der Waals surface area (Å²) in [6.07, 6.45) is 1.43. The van der Waals surface area contributed by atoms with Gasteiger partial charge in [0.05, 0.1) is 10.6 Å². The van der Waals surface area contributed by atoms with Crippen molar-refractivity contribution < 1.29 is 14.3 Å². The zero-order valence-corrected chi connectivity index (χ0v) is 10.5. The Kier molecular flexibility index (Phi) is 3.28. The Labute approximate surface area is 103 Å². The first-order valence-electron chi connectivity index (χ1n) is 5.47.